The van der Waals surface area contributed by atoms with Crippen molar-refractivity contribution in [2.75, 3.05) is 0 Å². The molecule has 0 aliphatic heterocycles. The van der Waals surface area contributed by atoms with E-state index in [2.05, 4.69) is 166 Å². The van der Waals surface area contributed by atoms with Crippen LogP contribution >= 0.6 is 0 Å². The molecule has 0 saturated carbocycles. The number of benzene rings is 3. The Labute approximate surface area is 316 Å². The number of rotatable bonds is 6. The van der Waals surface area contributed by atoms with Gasteiger partial charge in [-0.1, -0.05) is 161 Å². The molecule has 3 aromatic rings. The van der Waals surface area contributed by atoms with E-state index in [0.717, 1.165) is 33.4 Å². The molecule has 0 atom stereocenters. The number of nitrogens with zero attached hydrogens (tertiary/aromatic N) is 1. The molecule has 0 aliphatic carbocycles. The van der Waals surface area contributed by atoms with Crippen LogP contribution in [0.5, 0.6) is 17.2 Å². The summed E-state index contributed by atoms with van der Waals surface area (Å²) in [6.07, 6.45) is 0. The average molecular weight is 696 g/mol. The topological polar surface area (TPSA) is 72.4 Å². The minimum absolute atomic E-state index is 0. The van der Waals surface area contributed by atoms with E-state index < -0.39 is 0 Å². The van der Waals surface area contributed by atoms with E-state index in [-0.39, 0.29) is 67.1 Å². The monoisotopic (exact) mass is 695 g/mol. The number of hydrogen-bond donors (Lipinski definition) is 0. The average Bonchev–Trinajstić information content (AvgIpc) is 2.87. The van der Waals surface area contributed by atoms with Crippen LogP contribution in [0.15, 0.2) is 36.4 Å². The van der Waals surface area contributed by atoms with Gasteiger partial charge in [0.15, 0.2) is 0 Å². The summed E-state index contributed by atoms with van der Waals surface area (Å²) in [5.41, 5.74) is 6.27. The smallest absolute Gasteiger partial charge is 0.872 e. The van der Waals surface area contributed by atoms with Gasteiger partial charge in [0.1, 0.15) is 0 Å². The van der Waals surface area contributed by atoms with Crippen LogP contribution in [0.3, 0.4) is 0 Å². The van der Waals surface area contributed by atoms with Crippen molar-refractivity contribution in [1.82, 2.24) is 4.90 Å². The van der Waals surface area contributed by atoms with E-state index in [1.165, 1.54) is 0 Å². The molecule has 0 N–H and O–H groups in total. The van der Waals surface area contributed by atoms with Crippen LogP contribution < -0.4 is 15.3 Å². The van der Waals surface area contributed by atoms with Crippen LogP contribution in [0.2, 0.25) is 0 Å². The third kappa shape index (κ3) is 10.3. The Bertz CT molecular complexity index is 1460. The maximum Gasteiger partial charge on any atom is 3.00 e. The summed E-state index contributed by atoms with van der Waals surface area (Å²) in [6.45, 7) is 39.3. The van der Waals surface area contributed by atoms with Crippen LogP contribution in [-0.4, -0.2) is 22.3 Å². The Morgan fingerprint density at radius 1 is 0.360 bits per heavy atom. The van der Waals surface area contributed by atoms with Gasteiger partial charge in [-0.05, 0) is 82.6 Å². The van der Waals surface area contributed by atoms with Crippen molar-refractivity contribution < 1.29 is 15.3 Å². The van der Waals surface area contributed by atoms with E-state index in [9.17, 15) is 15.3 Å². The quantitative estimate of drug-likeness (QED) is 0.241. The first-order valence-electron chi connectivity index (χ1n) is 18.1. The Morgan fingerprint density at radius 3 is 0.720 bits per heavy atom. The minimum atomic E-state index is -0.340. The summed E-state index contributed by atoms with van der Waals surface area (Å²) in [6, 6.07) is 12.4. The maximum absolute atomic E-state index is 14.3. The second kappa shape index (κ2) is 14.5. The largest absolute Gasteiger partial charge is 3.00 e. The molecule has 0 aliphatic rings. The van der Waals surface area contributed by atoms with Gasteiger partial charge >= 0.3 is 17.4 Å². The van der Waals surface area contributed by atoms with Gasteiger partial charge in [0.25, 0.3) is 0 Å². The Kier molecular flexibility index (Phi) is 12.7. The van der Waals surface area contributed by atoms with Crippen molar-refractivity contribution >= 4 is 17.4 Å². The van der Waals surface area contributed by atoms with Crippen molar-refractivity contribution in [3.8, 4) is 17.2 Å². The van der Waals surface area contributed by atoms with E-state index in [1.54, 1.807) is 0 Å². The molecule has 5 heteroatoms. The normalized spacial score (nSPS) is 13.5. The predicted molar refractivity (Wildman–Crippen MR) is 209 cm³/mol. The van der Waals surface area contributed by atoms with Gasteiger partial charge in [0.2, 0.25) is 0 Å². The van der Waals surface area contributed by atoms with Gasteiger partial charge in [-0.2, -0.15) is 0 Å². The van der Waals surface area contributed by atoms with Gasteiger partial charge in [-0.15, -0.1) is 17.2 Å². The molecule has 0 fully saturated rings. The molecule has 0 heterocycles. The van der Waals surface area contributed by atoms with Gasteiger partial charge in [-0.25, -0.2) is 0 Å². The van der Waals surface area contributed by atoms with E-state index in [4.69, 9.17) is 0 Å². The second-order valence-electron chi connectivity index (χ2n) is 20.7. The molecule has 50 heavy (non-hydrogen) atoms. The van der Waals surface area contributed by atoms with E-state index >= 15 is 0 Å². The summed E-state index contributed by atoms with van der Waals surface area (Å²) in [5.74, 6) is 0.105. The Balaban J connectivity index is 0.00000867. The molecular formula is C45H66AlNO3. The van der Waals surface area contributed by atoms with Gasteiger partial charge in [0, 0.05) is 19.6 Å². The first kappa shape index (κ1) is 43.7. The molecular weight excluding hydrogens is 629 g/mol. The van der Waals surface area contributed by atoms with Crippen molar-refractivity contribution in [2.24, 2.45) is 0 Å². The van der Waals surface area contributed by atoms with Gasteiger partial charge in [-0.3, -0.25) is 4.90 Å². The summed E-state index contributed by atoms with van der Waals surface area (Å²) in [5, 5.41) is 42.8. The third-order valence-electron chi connectivity index (χ3n) is 9.70. The van der Waals surface area contributed by atoms with Crippen LogP contribution in [0.25, 0.3) is 0 Å². The number of hydrogen-bond acceptors (Lipinski definition) is 4. The summed E-state index contributed by atoms with van der Waals surface area (Å²) >= 11 is 0. The molecule has 3 rings (SSSR count). The van der Waals surface area contributed by atoms with Gasteiger partial charge in [0.05, 0.1) is 0 Å². The molecule has 0 amide bonds. The molecule has 0 bridgehead atoms. The molecule has 0 unspecified atom stereocenters. The van der Waals surface area contributed by atoms with Crippen molar-refractivity contribution in [3.05, 3.63) is 86.5 Å². The zero-order chi connectivity index (χ0) is 37.9. The van der Waals surface area contributed by atoms with Crippen LogP contribution in [0.1, 0.15) is 175 Å². The predicted octanol–water partition coefficient (Wildman–Crippen LogP) is 9.51. The summed E-state index contributed by atoms with van der Waals surface area (Å²) in [4.78, 5) is 2.15. The fourth-order valence-corrected chi connectivity index (χ4v) is 6.28. The summed E-state index contributed by atoms with van der Waals surface area (Å²) < 4.78 is 0. The van der Waals surface area contributed by atoms with Gasteiger partial charge < -0.3 is 15.3 Å². The first-order chi connectivity index (χ1) is 21.8. The SMILES string of the molecule is CC(C)(C)c1cc(CN(Cc2cc(C(C)(C)C)cc(C(C)(C)C)c2[O-])Cc2cc(C(C)(C)C)cc(C(C)(C)C)c2[O-])c([O-])c(C(C)(C)C)c1.[Al+3]. The maximum atomic E-state index is 14.3. The van der Waals surface area contributed by atoms with Crippen LogP contribution in [-0.2, 0) is 52.1 Å². The molecule has 0 aromatic heterocycles. The molecule has 3 aromatic carbocycles. The van der Waals surface area contributed by atoms with E-state index in [1.807, 2.05) is 0 Å². The standard InChI is InChI=1S/C45H69NO3.Al/c1-40(2,3)31-19-28(37(47)34(22-31)43(10,11)12)25-46(26-29-20-32(41(4,5)6)23-35(38(29)48)44(13,14)15)27-30-21-33(42(7,8)9)24-36(39(30)49)45(16,17)18;/h19-24,47-49H,25-27H2,1-18H3;/q;+3/p-3. The van der Waals surface area contributed by atoms with Crippen LogP contribution in [0.4, 0.5) is 0 Å². The molecule has 0 radical (unpaired) electrons. The molecule has 272 valence electrons. The van der Waals surface area contributed by atoms with E-state index in [0.29, 0.717) is 36.3 Å². The van der Waals surface area contributed by atoms with Crippen molar-refractivity contribution in [2.45, 2.75) is 177 Å². The first-order valence-corrected chi connectivity index (χ1v) is 18.1. The second-order valence-corrected chi connectivity index (χ2v) is 20.7. The zero-order valence-corrected chi connectivity index (χ0v) is 36.0. The van der Waals surface area contributed by atoms with Crippen molar-refractivity contribution in [3.63, 3.8) is 0 Å². The molecule has 4 nitrogen and oxygen atoms in total. The Hall–Kier alpha value is -2.45. The summed E-state index contributed by atoms with van der Waals surface area (Å²) in [7, 11) is 0. The Morgan fingerprint density at radius 2 is 0.560 bits per heavy atom. The fourth-order valence-electron chi connectivity index (χ4n) is 6.28. The fraction of sp³-hybridized carbons (Fsp3) is 0.600. The van der Waals surface area contributed by atoms with Crippen LogP contribution in [0, 0.1) is 0 Å². The minimum Gasteiger partial charge on any atom is -0.872 e. The third-order valence-corrected chi connectivity index (χ3v) is 9.70. The molecule has 0 spiro atoms. The van der Waals surface area contributed by atoms with Crippen molar-refractivity contribution in [1.29, 1.82) is 0 Å². The zero-order valence-electron chi connectivity index (χ0n) is 34.8. The molecule has 0 saturated heterocycles.